The third-order valence-corrected chi connectivity index (χ3v) is 4.60. The first-order chi connectivity index (χ1) is 13.5. The zero-order valence-corrected chi connectivity index (χ0v) is 15.7. The second-order valence-electron chi connectivity index (χ2n) is 6.62. The van der Waals surface area contributed by atoms with Crippen molar-refractivity contribution in [3.05, 3.63) is 72.3 Å². The molecular weight excluding hydrogens is 356 g/mol. The van der Waals surface area contributed by atoms with Crippen molar-refractivity contribution in [2.75, 3.05) is 6.54 Å². The molecule has 1 saturated heterocycles. The molecule has 0 radical (unpaired) electrons. The molecule has 2 aromatic rings. The quantitative estimate of drug-likeness (QED) is 0.541. The smallest absolute Gasteiger partial charge is 0.328 e. The van der Waals surface area contributed by atoms with Gasteiger partial charge in [0.1, 0.15) is 0 Å². The van der Waals surface area contributed by atoms with Crippen molar-refractivity contribution in [2.45, 2.75) is 31.7 Å². The first kappa shape index (κ1) is 21.3. The molecule has 1 aliphatic heterocycles. The highest BCUT2D eigenvalue weighted by atomic mass is 16.4. The van der Waals surface area contributed by atoms with E-state index in [0.717, 1.165) is 13.0 Å². The molecule has 6 heteroatoms. The maximum absolute atomic E-state index is 9.55. The average molecular weight is 382 g/mol. The molecule has 4 N–H and O–H groups in total. The molecule has 1 heterocycles. The number of benzene rings is 2. The lowest BCUT2D eigenvalue weighted by atomic mass is 9.92. The highest BCUT2D eigenvalue weighted by Gasteiger charge is 2.20. The number of hydrazine groups is 1. The fraction of sp³-hybridized carbons (Fsp3) is 0.273. The van der Waals surface area contributed by atoms with E-state index < -0.39 is 11.9 Å². The summed E-state index contributed by atoms with van der Waals surface area (Å²) in [5.41, 5.74) is 4.04. The number of carbonyl (C=O) groups is 2. The number of hydrogen-bond donors (Lipinski definition) is 3. The van der Waals surface area contributed by atoms with E-state index in [1.54, 1.807) is 0 Å². The predicted octanol–water partition coefficient (Wildman–Crippen LogP) is 3.34. The molecule has 1 atom stereocenters. The molecule has 1 fully saturated rings. The Hall–Kier alpha value is -2.96. The van der Waals surface area contributed by atoms with Crippen LogP contribution < -0.4 is 5.84 Å². The van der Waals surface area contributed by atoms with Gasteiger partial charge >= 0.3 is 11.9 Å². The highest BCUT2D eigenvalue weighted by Crippen LogP contribution is 2.27. The molecular formula is C22H26N2O4. The van der Waals surface area contributed by atoms with Crippen LogP contribution in [0.4, 0.5) is 0 Å². The van der Waals surface area contributed by atoms with Crippen molar-refractivity contribution in [1.82, 2.24) is 5.01 Å². The van der Waals surface area contributed by atoms with Crippen LogP contribution in [0.25, 0.3) is 11.1 Å². The summed E-state index contributed by atoms with van der Waals surface area (Å²) in [6.07, 6.45) is 5.89. The van der Waals surface area contributed by atoms with Gasteiger partial charge in [0.25, 0.3) is 0 Å². The molecule has 6 nitrogen and oxygen atoms in total. The lowest BCUT2D eigenvalue weighted by molar-refractivity contribution is -0.134. The number of nitrogens with two attached hydrogens (primary N) is 1. The summed E-state index contributed by atoms with van der Waals surface area (Å²) in [6.45, 7) is 1.03. The summed E-state index contributed by atoms with van der Waals surface area (Å²) in [4.78, 5) is 19.1. The largest absolute Gasteiger partial charge is 0.478 e. The molecule has 0 spiro atoms. The highest BCUT2D eigenvalue weighted by molar-refractivity contribution is 5.89. The Balaban J connectivity index is 0.000000300. The Morgan fingerprint density at radius 2 is 1.57 bits per heavy atom. The maximum Gasteiger partial charge on any atom is 0.328 e. The second kappa shape index (κ2) is 11.0. The number of aliphatic carboxylic acids is 2. The number of nitrogens with zero attached hydrogens (tertiary/aromatic N) is 1. The van der Waals surface area contributed by atoms with Gasteiger partial charge in [-0.05, 0) is 36.0 Å². The minimum Gasteiger partial charge on any atom is -0.478 e. The molecule has 3 rings (SSSR count). The van der Waals surface area contributed by atoms with E-state index in [9.17, 15) is 9.59 Å². The Morgan fingerprint density at radius 3 is 2.18 bits per heavy atom. The van der Waals surface area contributed by atoms with Gasteiger partial charge in [-0.3, -0.25) is 5.84 Å². The Bertz CT molecular complexity index is 789. The fourth-order valence-corrected chi connectivity index (χ4v) is 3.24. The normalized spacial score (nSPS) is 17.0. The summed E-state index contributed by atoms with van der Waals surface area (Å²) in [5.74, 6) is 3.63. The van der Waals surface area contributed by atoms with Crippen LogP contribution in [0.3, 0.4) is 0 Å². The van der Waals surface area contributed by atoms with Gasteiger partial charge in [0, 0.05) is 24.7 Å². The zero-order valence-electron chi connectivity index (χ0n) is 15.7. The van der Waals surface area contributed by atoms with Gasteiger partial charge in [-0.15, -0.1) is 0 Å². The summed E-state index contributed by atoms with van der Waals surface area (Å²) >= 11 is 0. The van der Waals surface area contributed by atoms with E-state index in [2.05, 4.69) is 54.6 Å². The molecule has 1 aliphatic rings. The van der Waals surface area contributed by atoms with E-state index in [1.807, 2.05) is 5.01 Å². The van der Waals surface area contributed by atoms with Crippen molar-refractivity contribution in [3.8, 4) is 11.1 Å². The van der Waals surface area contributed by atoms with Gasteiger partial charge in [-0.2, -0.15) is 0 Å². The van der Waals surface area contributed by atoms with Gasteiger partial charge in [-0.25, -0.2) is 14.6 Å². The van der Waals surface area contributed by atoms with Crippen LogP contribution in [0, 0.1) is 0 Å². The van der Waals surface area contributed by atoms with Crippen LogP contribution in [0.2, 0.25) is 0 Å². The average Bonchev–Trinajstić information content (AvgIpc) is 2.70. The summed E-state index contributed by atoms with van der Waals surface area (Å²) in [6, 6.07) is 19.8. The Kier molecular flexibility index (Phi) is 8.39. The van der Waals surface area contributed by atoms with Crippen molar-refractivity contribution in [2.24, 2.45) is 5.84 Å². The molecule has 0 aromatic heterocycles. The molecule has 0 aliphatic carbocycles. The van der Waals surface area contributed by atoms with Crippen molar-refractivity contribution >= 4 is 11.9 Å². The number of hydrogen-bond acceptors (Lipinski definition) is 4. The molecule has 148 valence electrons. The Labute approximate surface area is 164 Å². The van der Waals surface area contributed by atoms with Crippen LogP contribution in [-0.4, -0.2) is 39.7 Å². The standard InChI is InChI=1S/C18H22N2.C4H4O4/c19-20-13-7-6-11-17(20)14-16-10-4-5-12-18(16)15-8-2-1-3-9-15;5-3(6)1-2-4(7)8/h1-5,8-10,12,17H,6-7,11,13-14,19H2;1-2H,(H,5,6)(H,7,8). The minimum absolute atomic E-state index is 0.480. The van der Waals surface area contributed by atoms with Crippen molar-refractivity contribution < 1.29 is 19.8 Å². The summed E-state index contributed by atoms with van der Waals surface area (Å²) < 4.78 is 0. The minimum atomic E-state index is -1.26. The fourth-order valence-electron chi connectivity index (χ4n) is 3.24. The van der Waals surface area contributed by atoms with Gasteiger partial charge < -0.3 is 10.2 Å². The van der Waals surface area contributed by atoms with E-state index >= 15 is 0 Å². The topological polar surface area (TPSA) is 104 Å². The van der Waals surface area contributed by atoms with Crippen LogP contribution in [0.1, 0.15) is 24.8 Å². The number of rotatable bonds is 5. The zero-order chi connectivity index (χ0) is 20.4. The maximum atomic E-state index is 9.55. The molecule has 0 saturated carbocycles. The summed E-state index contributed by atoms with van der Waals surface area (Å²) in [7, 11) is 0. The first-order valence-electron chi connectivity index (χ1n) is 9.26. The van der Waals surface area contributed by atoms with Crippen LogP contribution in [0.15, 0.2) is 66.7 Å². The number of piperidine rings is 1. The van der Waals surface area contributed by atoms with E-state index in [1.165, 1.54) is 36.0 Å². The third kappa shape index (κ3) is 6.98. The third-order valence-electron chi connectivity index (χ3n) is 4.60. The van der Waals surface area contributed by atoms with Gasteiger partial charge in [0.05, 0.1) is 0 Å². The molecule has 0 bridgehead atoms. The molecule has 28 heavy (non-hydrogen) atoms. The SMILES string of the molecule is NN1CCCCC1Cc1ccccc1-c1ccccc1.O=C(O)C=CC(=O)O. The van der Waals surface area contributed by atoms with E-state index in [4.69, 9.17) is 16.1 Å². The van der Waals surface area contributed by atoms with E-state index in [0.29, 0.717) is 18.2 Å². The van der Waals surface area contributed by atoms with Crippen LogP contribution in [-0.2, 0) is 16.0 Å². The van der Waals surface area contributed by atoms with Crippen molar-refractivity contribution in [1.29, 1.82) is 0 Å². The predicted molar refractivity (Wildman–Crippen MR) is 109 cm³/mol. The van der Waals surface area contributed by atoms with Gasteiger partial charge in [0.15, 0.2) is 0 Å². The number of carboxylic acids is 2. The monoisotopic (exact) mass is 382 g/mol. The van der Waals surface area contributed by atoms with Crippen molar-refractivity contribution in [3.63, 3.8) is 0 Å². The first-order valence-corrected chi connectivity index (χ1v) is 9.26. The Morgan fingerprint density at radius 1 is 0.964 bits per heavy atom. The summed E-state index contributed by atoms with van der Waals surface area (Å²) in [5, 5.41) is 17.7. The van der Waals surface area contributed by atoms with Crippen LogP contribution >= 0.6 is 0 Å². The molecule has 1 unspecified atom stereocenters. The van der Waals surface area contributed by atoms with E-state index in [-0.39, 0.29) is 0 Å². The van der Waals surface area contributed by atoms with Gasteiger partial charge in [-0.1, -0.05) is 61.0 Å². The van der Waals surface area contributed by atoms with Gasteiger partial charge in [0.2, 0.25) is 0 Å². The number of carboxylic acid groups (broad SMARTS) is 2. The van der Waals surface area contributed by atoms with Crippen LogP contribution in [0.5, 0.6) is 0 Å². The molecule has 2 aromatic carbocycles. The lowest BCUT2D eigenvalue weighted by Crippen LogP contribution is -2.45. The lowest BCUT2D eigenvalue weighted by Gasteiger charge is -2.32. The molecule has 0 amide bonds. The second-order valence-corrected chi connectivity index (χ2v) is 6.62.